The van der Waals surface area contributed by atoms with Gasteiger partial charge in [-0.1, -0.05) is 13.3 Å². The minimum atomic E-state index is -0.329. The Morgan fingerprint density at radius 3 is 2.56 bits per heavy atom. The zero-order valence-corrected chi connectivity index (χ0v) is 11.9. The predicted molar refractivity (Wildman–Crippen MR) is 74.2 cm³/mol. The minimum absolute atomic E-state index is 0.329. The number of nitrogens with one attached hydrogen (secondary N) is 1. The van der Waals surface area contributed by atoms with Crippen LogP contribution in [0.4, 0.5) is 0 Å². The number of nitrogens with zero attached hydrogens (tertiary/aromatic N) is 2. The summed E-state index contributed by atoms with van der Waals surface area (Å²) in [6, 6.07) is 2.42. The second-order valence-electron chi connectivity index (χ2n) is 6.29. The van der Waals surface area contributed by atoms with Crippen LogP contribution in [0.5, 0.6) is 0 Å². The lowest BCUT2D eigenvalue weighted by Crippen LogP contribution is -2.41. The van der Waals surface area contributed by atoms with Crippen LogP contribution in [-0.2, 0) is 0 Å². The Hall–Kier alpha value is -0.590. The van der Waals surface area contributed by atoms with Gasteiger partial charge in [-0.05, 0) is 57.5 Å². The Morgan fingerprint density at radius 2 is 2.00 bits per heavy atom. The van der Waals surface area contributed by atoms with E-state index in [0.717, 1.165) is 31.2 Å². The summed E-state index contributed by atoms with van der Waals surface area (Å²) in [6.07, 6.45) is 6.46. The molecule has 0 amide bonds. The molecule has 102 valence electrons. The number of hydrogen-bond donors (Lipinski definition) is 1. The van der Waals surface area contributed by atoms with Crippen molar-refractivity contribution in [2.45, 2.75) is 51.5 Å². The molecule has 1 heterocycles. The predicted octanol–water partition coefficient (Wildman–Crippen LogP) is 2.39. The number of rotatable bonds is 6. The molecule has 0 spiro atoms. The Morgan fingerprint density at radius 1 is 1.33 bits per heavy atom. The van der Waals surface area contributed by atoms with E-state index in [0.29, 0.717) is 0 Å². The normalized spacial score (nSPS) is 30.9. The van der Waals surface area contributed by atoms with E-state index in [1.807, 2.05) is 6.92 Å². The van der Waals surface area contributed by atoms with Crippen molar-refractivity contribution >= 4 is 0 Å². The highest BCUT2D eigenvalue weighted by Crippen LogP contribution is 2.37. The highest BCUT2D eigenvalue weighted by molar-refractivity contribution is 5.03. The maximum Gasteiger partial charge on any atom is 0.103 e. The van der Waals surface area contributed by atoms with Crippen molar-refractivity contribution in [3.05, 3.63) is 0 Å². The smallest absolute Gasteiger partial charge is 0.103 e. The summed E-state index contributed by atoms with van der Waals surface area (Å²) in [4.78, 5) is 2.62. The van der Waals surface area contributed by atoms with Gasteiger partial charge < -0.3 is 4.90 Å². The van der Waals surface area contributed by atoms with Gasteiger partial charge in [-0.2, -0.15) is 5.26 Å². The van der Waals surface area contributed by atoms with Gasteiger partial charge in [-0.3, -0.25) is 5.32 Å². The van der Waals surface area contributed by atoms with E-state index in [4.69, 9.17) is 0 Å². The first kappa shape index (κ1) is 13.8. The molecule has 1 saturated carbocycles. The molecule has 2 aliphatic rings. The van der Waals surface area contributed by atoms with Gasteiger partial charge >= 0.3 is 0 Å². The summed E-state index contributed by atoms with van der Waals surface area (Å²) >= 11 is 0. The summed E-state index contributed by atoms with van der Waals surface area (Å²) in [5.74, 6) is 1.97. The highest BCUT2D eigenvalue weighted by Gasteiger charge is 2.35. The van der Waals surface area contributed by atoms with E-state index in [2.05, 4.69) is 23.2 Å². The number of likely N-dealkylation sites (tertiary alicyclic amines) is 1. The van der Waals surface area contributed by atoms with Crippen molar-refractivity contribution in [3.63, 3.8) is 0 Å². The molecule has 1 saturated heterocycles. The third-order valence-electron chi connectivity index (χ3n) is 4.77. The van der Waals surface area contributed by atoms with Gasteiger partial charge in [0.25, 0.3) is 0 Å². The molecule has 3 unspecified atom stereocenters. The monoisotopic (exact) mass is 249 g/mol. The molecular formula is C15H27N3. The van der Waals surface area contributed by atoms with Gasteiger partial charge in [0.15, 0.2) is 0 Å². The summed E-state index contributed by atoms with van der Waals surface area (Å²) in [5, 5.41) is 12.5. The van der Waals surface area contributed by atoms with Crippen LogP contribution in [0.25, 0.3) is 0 Å². The van der Waals surface area contributed by atoms with E-state index < -0.39 is 0 Å². The van der Waals surface area contributed by atoms with Crippen LogP contribution in [0.1, 0.15) is 46.0 Å². The molecule has 0 aromatic carbocycles. The van der Waals surface area contributed by atoms with Crippen molar-refractivity contribution in [1.82, 2.24) is 10.2 Å². The van der Waals surface area contributed by atoms with Crippen LogP contribution < -0.4 is 5.32 Å². The van der Waals surface area contributed by atoms with E-state index in [-0.39, 0.29) is 5.54 Å². The molecular weight excluding hydrogens is 222 g/mol. The molecule has 3 atom stereocenters. The largest absolute Gasteiger partial charge is 0.303 e. The van der Waals surface area contributed by atoms with Crippen molar-refractivity contribution < 1.29 is 0 Å². The molecule has 0 radical (unpaired) electrons. The second kappa shape index (κ2) is 6.04. The standard InChI is InChI=1S/C15H27N3/c1-3-17-15(2,12-16)8-5-9-18-10-13-6-4-7-14(13)11-18/h13-14,17H,3-11H2,1-2H3. The molecule has 2 rings (SSSR count). The fraction of sp³-hybridized carbons (Fsp3) is 0.933. The Labute approximate surface area is 112 Å². The molecule has 0 aromatic heterocycles. The lowest BCUT2D eigenvalue weighted by Gasteiger charge is -2.24. The fourth-order valence-electron chi connectivity index (χ4n) is 3.74. The maximum atomic E-state index is 9.21. The molecule has 1 aliphatic heterocycles. The maximum absolute atomic E-state index is 9.21. The molecule has 0 aromatic rings. The van der Waals surface area contributed by atoms with Crippen molar-refractivity contribution in [2.75, 3.05) is 26.2 Å². The minimum Gasteiger partial charge on any atom is -0.303 e. The van der Waals surface area contributed by atoms with Crippen molar-refractivity contribution in [3.8, 4) is 6.07 Å². The SMILES string of the molecule is CCNC(C)(C#N)CCCN1CC2CCCC2C1. The van der Waals surface area contributed by atoms with Crippen LogP contribution in [0, 0.1) is 23.2 Å². The first-order chi connectivity index (χ1) is 8.67. The summed E-state index contributed by atoms with van der Waals surface area (Å²) in [7, 11) is 0. The van der Waals surface area contributed by atoms with E-state index in [1.165, 1.54) is 38.9 Å². The average molecular weight is 249 g/mol. The van der Waals surface area contributed by atoms with Gasteiger partial charge in [0.05, 0.1) is 6.07 Å². The molecule has 1 aliphatic carbocycles. The van der Waals surface area contributed by atoms with Gasteiger partial charge in [0.2, 0.25) is 0 Å². The summed E-state index contributed by atoms with van der Waals surface area (Å²) < 4.78 is 0. The second-order valence-corrected chi connectivity index (χ2v) is 6.29. The quantitative estimate of drug-likeness (QED) is 0.785. The molecule has 0 bridgehead atoms. The number of fused-ring (bicyclic) bond motifs is 1. The zero-order chi connectivity index (χ0) is 13.0. The Bertz CT molecular complexity index is 297. The zero-order valence-electron chi connectivity index (χ0n) is 11.9. The first-order valence-corrected chi connectivity index (χ1v) is 7.55. The van der Waals surface area contributed by atoms with Crippen LogP contribution >= 0.6 is 0 Å². The van der Waals surface area contributed by atoms with E-state index in [1.54, 1.807) is 0 Å². The van der Waals surface area contributed by atoms with Gasteiger partial charge in [-0.25, -0.2) is 0 Å². The van der Waals surface area contributed by atoms with E-state index >= 15 is 0 Å². The lowest BCUT2D eigenvalue weighted by atomic mass is 9.97. The molecule has 2 fully saturated rings. The van der Waals surface area contributed by atoms with Gasteiger partial charge in [-0.15, -0.1) is 0 Å². The third-order valence-corrected chi connectivity index (χ3v) is 4.77. The Kier molecular flexibility index (Phi) is 4.64. The molecule has 3 heteroatoms. The van der Waals surface area contributed by atoms with Gasteiger partial charge in [0.1, 0.15) is 5.54 Å². The van der Waals surface area contributed by atoms with Gasteiger partial charge in [0, 0.05) is 13.1 Å². The van der Waals surface area contributed by atoms with Crippen LogP contribution in [-0.4, -0.2) is 36.6 Å². The van der Waals surface area contributed by atoms with Crippen molar-refractivity contribution in [1.29, 1.82) is 5.26 Å². The van der Waals surface area contributed by atoms with Crippen LogP contribution in [0.2, 0.25) is 0 Å². The molecule has 18 heavy (non-hydrogen) atoms. The Balaban J connectivity index is 1.68. The average Bonchev–Trinajstić information content (AvgIpc) is 2.90. The molecule has 1 N–H and O–H groups in total. The highest BCUT2D eigenvalue weighted by atomic mass is 15.2. The first-order valence-electron chi connectivity index (χ1n) is 7.55. The summed E-state index contributed by atoms with van der Waals surface area (Å²) in [6.45, 7) is 8.77. The fourth-order valence-corrected chi connectivity index (χ4v) is 3.74. The number of hydrogen-bond acceptors (Lipinski definition) is 3. The number of nitriles is 1. The third kappa shape index (κ3) is 3.24. The van der Waals surface area contributed by atoms with Crippen molar-refractivity contribution in [2.24, 2.45) is 11.8 Å². The summed E-state index contributed by atoms with van der Waals surface area (Å²) in [5.41, 5.74) is -0.329. The van der Waals surface area contributed by atoms with E-state index in [9.17, 15) is 5.26 Å². The topological polar surface area (TPSA) is 39.1 Å². The molecule has 3 nitrogen and oxygen atoms in total. The van der Waals surface area contributed by atoms with Crippen LogP contribution in [0.15, 0.2) is 0 Å². The lowest BCUT2D eigenvalue weighted by molar-refractivity contribution is 0.288. The van der Waals surface area contributed by atoms with Crippen LogP contribution in [0.3, 0.4) is 0 Å².